The second-order valence-corrected chi connectivity index (χ2v) is 7.10. The highest BCUT2D eigenvalue weighted by Crippen LogP contribution is 2.44. The Bertz CT molecular complexity index is 538. The topological polar surface area (TPSA) is 111 Å². The fraction of sp³-hybridized carbons (Fsp3) is 0.706. The van der Waals surface area contributed by atoms with Gasteiger partial charge in [-0.05, 0) is 32.8 Å². The molecule has 4 atom stereocenters. The number of rotatable bonds is 7. The predicted molar refractivity (Wildman–Crippen MR) is 88.6 cm³/mol. The van der Waals surface area contributed by atoms with E-state index < -0.39 is 47.6 Å². The molecule has 0 bridgehead atoms. The van der Waals surface area contributed by atoms with Crippen molar-refractivity contribution in [2.24, 2.45) is 11.8 Å². The van der Waals surface area contributed by atoms with Gasteiger partial charge in [0.1, 0.15) is 12.2 Å². The second-order valence-electron chi connectivity index (χ2n) is 7.10. The normalized spacial score (nSPS) is 23.2. The van der Waals surface area contributed by atoms with Gasteiger partial charge in [-0.15, -0.1) is 0 Å². The smallest absolute Gasteiger partial charge is 0.407 e. The summed E-state index contributed by atoms with van der Waals surface area (Å²) in [6, 6.07) is -0.584. The lowest BCUT2D eigenvalue weighted by atomic mass is 10.1. The SMILES string of the molecule is C=C(COC(C)=O)C[C@H](O)[C@@H]1[C@H](NC(=O)OC(C)(C)C)[C@H]1C(=O)OC. The number of carbonyl (C=O) groups excluding carboxylic acids is 3. The predicted octanol–water partition coefficient (Wildman–Crippen LogP) is 1.17. The molecule has 1 saturated carbocycles. The van der Waals surface area contributed by atoms with Crippen LogP contribution in [0.4, 0.5) is 4.79 Å². The van der Waals surface area contributed by atoms with Crippen LogP contribution in [-0.2, 0) is 23.8 Å². The summed E-state index contributed by atoms with van der Waals surface area (Å²) < 4.78 is 14.7. The van der Waals surface area contributed by atoms with Crippen LogP contribution in [0.15, 0.2) is 12.2 Å². The van der Waals surface area contributed by atoms with Crippen LogP contribution in [0, 0.1) is 11.8 Å². The van der Waals surface area contributed by atoms with Crippen molar-refractivity contribution >= 4 is 18.0 Å². The lowest BCUT2D eigenvalue weighted by molar-refractivity contribution is -0.143. The largest absolute Gasteiger partial charge is 0.469 e. The van der Waals surface area contributed by atoms with Gasteiger partial charge >= 0.3 is 18.0 Å². The summed E-state index contributed by atoms with van der Waals surface area (Å²) in [6.07, 6.45) is -1.47. The lowest BCUT2D eigenvalue weighted by Crippen LogP contribution is -2.36. The summed E-state index contributed by atoms with van der Waals surface area (Å²) in [7, 11) is 1.24. The van der Waals surface area contributed by atoms with Crippen molar-refractivity contribution in [3.63, 3.8) is 0 Å². The number of esters is 2. The van der Waals surface area contributed by atoms with E-state index in [-0.39, 0.29) is 13.0 Å². The Morgan fingerprint density at radius 2 is 1.88 bits per heavy atom. The molecule has 0 heterocycles. The van der Waals surface area contributed by atoms with E-state index in [1.165, 1.54) is 14.0 Å². The number of aliphatic hydroxyl groups excluding tert-OH is 1. The Hall–Kier alpha value is -2.09. The zero-order chi connectivity index (χ0) is 19.4. The number of ether oxygens (including phenoxy) is 3. The molecule has 142 valence electrons. The van der Waals surface area contributed by atoms with E-state index >= 15 is 0 Å². The minimum absolute atomic E-state index is 0.00777. The van der Waals surface area contributed by atoms with Gasteiger partial charge in [0.25, 0.3) is 0 Å². The third-order valence-corrected chi connectivity index (χ3v) is 3.65. The number of amides is 1. The Kier molecular flexibility index (Phi) is 6.98. The van der Waals surface area contributed by atoms with Gasteiger partial charge < -0.3 is 24.6 Å². The summed E-state index contributed by atoms with van der Waals surface area (Å²) >= 11 is 0. The highest BCUT2D eigenvalue weighted by Gasteiger charge is 2.60. The molecule has 1 fully saturated rings. The van der Waals surface area contributed by atoms with Crippen LogP contribution >= 0.6 is 0 Å². The van der Waals surface area contributed by atoms with Crippen molar-refractivity contribution in [2.75, 3.05) is 13.7 Å². The molecule has 0 unspecified atom stereocenters. The van der Waals surface area contributed by atoms with Gasteiger partial charge in [0.05, 0.1) is 25.2 Å². The van der Waals surface area contributed by atoms with Gasteiger partial charge in [-0.25, -0.2) is 4.79 Å². The number of methoxy groups -OCH3 is 1. The minimum Gasteiger partial charge on any atom is -0.469 e. The molecule has 1 rings (SSSR count). The summed E-state index contributed by atoms with van der Waals surface area (Å²) in [4.78, 5) is 34.5. The number of hydrogen-bond acceptors (Lipinski definition) is 7. The molecule has 0 spiro atoms. The Morgan fingerprint density at radius 1 is 1.28 bits per heavy atom. The van der Waals surface area contributed by atoms with Crippen molar-refractivity contribution in [3.05, 3.63) is 12.2 Å². The van der Waals surface area contributed by atoms with E-state index in [1.807, 2.05) is 0 Å². The Morgan fingerprint density at radius 3 is 2.36 bits per heavy atom. The van der Waals surface area contributed by atoms with Crippen LogP contribution in [0.2, 0.25) is 0 Å². The molecule has 0 saturated heterocycles. The lowest BCUT2D eigenvalue weighted by Gasteiger charge is -2.20. The number of carbonyl (C=O) groups is 3. The van der Waals surface area contributed by atoms with Gasteiger partial charge in [-0.2, -0.15) is 0 Å². The number of hydrogen-bond donors (Lipinski definition) is 2. The molecule has 2 N–H and O–H groups in total. The van der Waals surface area contributed by atoms with E-state index in [4.69, 9.17) is 14.2 Å². The van der Waals surface area contributed by atoms with Crippen molar-refractivity contribution < 1.29 is 33.7 Å². The third kappa shape index (κ3) is 6.74. The highest BCUT2D eigenvalue weighted by atomic mass is 16.6. The molecule has 0 aromatic heterocycles. The maximum Gasteiger partial charge on any atom is 0.407 e. The minimum atomic E-state index is -0.938. The fourth-order valence-electron chi connectivity index (χ4n) is 2.58. The number of nitrogens with one attached hydrogen (secondary N) is 1. The first-order chi connectivity index (χ1) is 11.5. The van der Waals surface area contributed by atoms with E-state index in [9.17, 15) is 19.5 Å². The average molecular weight is 357 g/mol. The molecular formula is C17H27NO7. The second kappa shape index (κ2) is 8.33. The van der Waals surface area contributed by atoms with Gasteiger partial charge in [0.15, 0.2) is 0 Å². The van der Waals surface area contributed by atoms with Gasteiger partial charge in [0.2, 0.25) is 0 Å². The first-order valence-corrected chi connectivity index (χ1v) is 8.01. The molecule has 8 heteroatoms. The van der Waals surface area contributed by atoms with Gasteiger partial charge in [-0.3, -0.25) is 9.59 Å². The van der Waals surface area contributed by atoms with Crippen LogP contribution in [0.3, 0.4) is 0 Å². The van der Waals surface area contributed by atoms with Gasteiger partial charge in [-0.1, -0.05) is 6.58 Å². The van der Waals surface area contributed by atoms with Crippen LogP contribution < -0.4 is 5.32 Å². The molecular weight excluding hydrogens is 330 g/mol. The Labute approximate surface area is 147 Å². The van der Waals surface area contributed by atoms with Crippen molar-refractivity contribution in [1.29, 1.82) is 0 Å². The molecule has 1 amide bonds. The van der Waals surface area contributed by atoms with Crippen molar-refractivity contribution in [1.82, 2.24) is 5.32 Å². The average Bonchev–Trinajstić information content (AvgIpc) is 3.15. The molecule has 0 aromatic carbocycles. The summed E-state index contributed by atoms with van der Waals surface area (Å²) in [5.74, 6) is -2.14. The monoisotopic (exact) mass is 357 g/mol. The van der Waals surface area contributed by atoms with Crippen molar-refractivity contribution in [3.8, 4) is 0 Å². The van der Waals surface area contributed by atoms with Crippen LogP contribution in [-0.4, -0.2) is 54.6 Å². The summed E-state index contributed by atoms with van der Waals surface area (Å²) in [6.45, 7) is 10.2. The summed E-state index contributed by atoms with van der Waals surface area (Å²) in [5, 5.41) is 12.9. The van der Waals surface area contributed by atoms with Crippen LogP contribution in [0.1, 0.15) is 34.1 Å². The zero-order valence-corrected chi connectivity index (χ0v) is 15.3. The van der Waals surface area contributed by atoms with Gasteiger partial charge in [0, 0.05) is 12.8 Å². The molecule has 1 aliphatic rings. The molecule has 1 aliphatic carbocycles. The zero-order valence-electron chi connectivity index (χ0n) is 15.3. The Balaban J connectivity index is 2.65. The maximum atomic E-state index is 11.9. The van der Waals surface area contributed by atoms with E-state index in [2.05, 4.69) is 11.9 Å². The molecule has 0 radical (unpaired) electrons. The van der Waals surface area contributed by atoms with Crippen LogP contribution in [0.25, 0.3) is 0 Å². The molecule has 0 aliphatic heterocycles. The standard InChI is InChI=1S/C17H27NO7/c1-9(8-24-10(2)19)7-11(20)12-13(15(21)23-6)14(12)18-16(22)25-17(3,4)5/h11-14,20H,1,7-8H2,2-6H3,(H,18,22)/t11-,12-,13-,14-/m0/s1. The summed E-state index contributed by atoms with van der Waals surface area (Å²) in [5.41, 5.74) is -0.166. The van der Waals surface area contributed by atoms with E-state index in [1.54, 1.807) is 20.8 Å². The fourth-order valence-corrected chi connectivity index (χ4v) is 2.58. The molecule has 25 heavy (non-hydrogen) atoms. The first kappa shape index (κ1) is 21.0. The van der Waals surface area contributed by atoms with E-state index in [0.717, 1.165) is 0 Å². The number of aliphatic hydroxyl groups is 1. The molecule has 0 aromatic rings. The van der Waals surface area contributed by atoms with E-state index in [0.29, 0.717) is 5.57 Å². The first-order valence-electron chi connectivity index (χ1n) is 8.01. The highest BCUT2D eigenvalue weighted by molar-refractivity contribution is 5.80. The maximum absolute atomic E-state index is 11.9. The van der Waals surface area contributed by atoms with Crippen LogP contribution in [0.5, 0.6) is 0 Å². The third-order valence-electron chi connectivity index (χ3n) is 3.65. The number of alkyl carbamates (subject to hydrolysis) is 1. The quantitative estimate of drug-likeness (QED) is 0.400. The molecule has 8 nitrogen and oxygen atoms in total. The van der Waals surface area contributed by atoms with Crippen molar-refractivity contribution in [2.45, 2.75) is 51.9 Å².